The summed E-state index contributed by atoms with van der Waals surface area (Å²) < 4.78 is 0. The van der Waals surface area contributed by atoms with Crippen molar-refractivity contribution in [2.45, 2.75) is 19.2 Å². The van der Waals surface area contributed by atoms with Crippen LogP contribution in [-0.2, 0) is 6.42 Å². The zero-order valence-electron chi connectivity index (χ0n) is 6.67. The first-order valence-electron chi connectivity index (χ1n) is 3.83. The largest absolute Gasteiger partial charge is 0.105 e. The molecule has 1 heteroatoms. The van der Waals surface area contributed by atoms with Crippen LogP contribution in [0.3, 0.4) is 0 Å². The lowest BCUT2D eigenvalue weighted by atomic mass is 9.84. The molecule has 0 aliphatic carbocycles. The number of rotatable bonds is 2. The van der Waals surface area contributed by atoms with E-state index in [1.807, 2.05) is 0 Å². The zero-order valence-corrected chi connectivity index (χ0v) is 6.67. The van der Waals surface area contributed by atoms with Gasteiger partial charge in [-0.3, -0.25) is 0 Å². The Balaban J connectivity index is 2.59. The Bertz CT molecular complexity index is 179. The van der Waals surface area contributed by atoms with Gasteiger partial charge in [0.2, 0.25) is 0 Å². The van der Waals surface area contributed by atoms with Crippen molar-refractivity contribution in [1.82, 2.24) is 0 Å². The molecule has 0 aliphatic rings. The molecule has 0 nitrogen and oxygen atoms in total. The summed E-state index contributed by atoms with van der Waals surface area (Å²) >= 11 is 0. The second kappa shape index (κ2) is 3.45. The molecule has 0 bridgehead atoms. The van der Waals surface area contributed by atoms with Gasteiger partial charge in [0, 0.05) is 0 Å². The fourth-order valence-corrected chi connectivity index (χ4v) is 1.09. The summed E-state index contributed by atoms with van der Waals surface area (Å²) in [6, 6.07) is 10.6. The lowest BCUT2D eigenvalue weighted by Gasteiger charge is -2.02. The predicted molar refractivity (Wildman–Crippen MR) is 48.1 cm³/mol. The summed E-state index contributed by atoms with van der Waals surface area (Å²) in [6.07, 6.45) is 1.20. The van der Waals surface area contributed by atoms with Crippen LogP contribution in [0.4, 0.5) is 0 Å². The van der Waals surface area contributed by atoms with Crippen molar-refractivity contribution in [1.29, 1.82) is 0 Å². The molecule has 0 saturated heterocycles. The molecule has 1 atom stereocenters. The summed E-state index contributed by atoms with van der Waals surface area (Å²) in [5.74, 6) is 0.766. The predicted octanol–water partition coefficient (Wildman–Crippen LogP) is 1.67. The van der Waals surface area contributed by atoms with E-state index in [2.05, 4.69) is 45.1 Å². The summed E-state index contributed by atoms with van der Waals surface area (Å²) in [4.78, 5) is 0. The molecule has 1 rings (SSSR count). The Morgan fingerprint density at radius 3 is 2.40 bits per heavy atom. The van der Waals surface area contributed by atoms with E-state index in [0.717, 1.165) is 5.82 Å². The minimum atomic E-state index is 0.766. The van der Waals surface area contributed by atoms with E-state index < -0.39 is 0 Å². The van der Waals surface area contributed by atoms with E-state index in [4.69, 9.17) is 0 Å². The maximum atomic E-state index is 2.24. The fraction of sp³-hybridized carbons (Fsp3) is 0.333. The van der Waals surface area contributed by atoms with Crippen LogP contribution in [0, 0.1) is 0 Å². The van der Waals surface area contributed by atoms with Gasteiger partial charge in [-0.05, 0) is 12.0 Å². The van der Waals surface area contributed by atoms with Gasteiger partial charge in [-0.1, -0.05) is 43.1 Å². The molecule has 0 aliphatic heterocycles. The molecule has 0 heterocycles. The molecule has 0 aromatic heterocycles. The highest BCUT2D eigenvalue weighted by Crippen LogP contribution is 2.08. The molecule has 52 valence electrons. The maximum Gasteiger partial charge on any atom is 0.105 e. The van der Waals surface area contributed by atoms with E-state index in [9.17, 15) is 0 Å². The van der Waals surface area contributed by atoms with Crippen molar-refractivity contribution in [3.05, 3.63) is 35.9 Å². The van der Waals surface area contributed by atoms with Crippen molar-refractivity contribution in [2.75, 3.05) is 0 Å². The van der Waals surface area contributed by atoms with Gasteiger partial charge >= 0.3 is 0 Å². The third kappa shape index (κ3) is 2.26. The Kier molecular flexibility index (Phi) is 2.55. The molecule has 1 aromatic rings. The Morgan fingerprint density at radius 1 is 1.30 bits per heavy atom. The van der Waals surface area contributed by atoms with Crippen molar-refractivity contribution < 1.29 is 0 Å². The van der Waals surface area contributed by atoms with Crippen molar-refractivity contribution in [2.24, 2.45) is 0 Å². The number of hydrogen-bond donors (Lipinski definition) is 0. The van der Waals surface area contributed by atoms with Gasteiger partial charge in [-0.15, -0.1) is 0 Å². The average Bonchev–Trinajstić information content (AvgIpc) is 1.88. The third-order valence-electron chi connectivity index (χ3n) is 1.49. The molecule has 0 radical (unpaired) electrons. The third-order valence-corrected chi connectivity index (χ3v) is 1.49. The van der Waals surface area contributed by atoms with E-state index in [1.54, 1.807) is 0 Å². The van der Waals surface area contributed by atoms with Gasteiger partial charge < -0.3 is 0 Å². The van der Waals surface area contributed by atoms with Crippen LogP contribution in [0.1, 0.15) is 12.5 Å². The second-order valence-corrected chi connectivity index (χ2v) is 3.08. The first-order chi connectivity index (χ1) is 4.79. The highest BCUT2D eigenvalue weighted by molar-refractivity contribution is 6.11. The minimum Gasteiger partial charge on any atom is -0.0694 e. The van der Waals surface area contributed by atoms with Gasteiger partial charge in [-0.25, -0.2) is 0 Å². The van der Waals surface area contributed by atoms with Gasteiger partial charge in [0.25, 0.3) is 0 Å². The molecule has 0 fully saturated rings. The summed E-state index contributed by atoms with van der Waals surface area (Å²) in [6.45, 7) is 2.24. The van der Waals surface area contributed by atoms with Crippen LogP contribution in [0.2, 0.25) is 5.82 Å². The van der Waals surface area contributed by atoms with Crippen LogP contribution in [0.5, 0.6) is 0 Å². The normalized spacial score (nSPS) is 12.9. The maximum absolute atomic E-state index is 2.24. The molecule has 1 aromatic carbocycles. The van der Waals surface area contributed by atoms with Crippen LogP contribution < -0.4 is 0 Å². The molecule has 0 amide bonds. The van der Waals surface area contributed by atoms with Crippen molar-refractivity contribution in [3.63, 3.8) is 0 Å². The van der Waals surface area contributed by atoms with Gasteiger partial charge in [0.1, 0.15) is 7.85 Å². The summed E-state index contributed by atoms with van der Waals surface area (Å²) in [7, 11) is 2.24. The Morgan fingerprint density at radius 2 is 1.90 bits per heavy atom. The molecule has 0 N–H and O–H groups in total. The monoisotopic (exact) mass is 132 g/mol. The molecule has 0 saturated carbocycles. The molecular weight excluding hydrogens is 119 g/mol. The van der Waals surface area contributed by atoms with E-state index in [1.165, 1.54) is 12.0 Å². The summed E-state index contributed by atoms with van der Waals surface area (Å²) in [5.41, 5.74) is 1.44. The highest BCUT2D eigenvalue weighted by Gasteiger charge is 1.94. The topological polar surface area (TPSA) is 0 Å². The molecule has 0 spiro atoms. The van der Waals surface area contributed by atoms with Crippen LogP contribution >= 0.6 is 0 Å². The van der Waals surface area contributed by atoms with Crippen molar-refractivity contribution in [3.8, 4) is 0 Å². The van der Waals surface area contributed by atoms with E-state index in [-0.39, 0.29) is 0 Å². The lowest BCUT2D eigenvalue weighted by Crippen LogP contribution is -1.90. The molecule has 1 unspecified atom stereocenters. The van der Waals surface area contributed by atoms with Crippen molar-refractivity contribution >= 4 is 7.85 Å². The average molecular weight is 132 g/mol. The van der Waals surface area contributed by atoms with Crippen LogP contribution in [0.25, 0.3) is 0 Å². The van der Waals surface area contributed by atoms with Gasteiger partial charge in [0.05, 0.1) is 0 Å². The SMILES string of the molecule is BC(C)Cc1ccccc1. The van der Waals surface area contributed by atoms with E-state index >= 15 is 0 Å². The first-order valence-corrected chi connectivity index (χ1v) is 3.83. The Labute approximate surface area is 63.7 Å². The zero-order chi connectivity index (χ0) is 7.40. The van der Waals surface area contributed by atoms with Gasteiger partial charge in [-0.2, -0.15) is 0 Å². The van der Waals surface area contributed by atoms with E-state index in [0.29, 0.717) is 0 Å². The second-order valence-electron chi connectivity index (χ2n) is 3.08. The smallest absolute Gasteiger partial charge is 0.0694 e. The van der Waals surface area contributed by atoms with Crippen LogP contribution in [-0.4, -0.2) is 7.85 Å². The Hall–Kier alpha value is -0.715. The lowest BCUT2D eigenvalue weighted by molar-refractivity contribution is 0.916. The minimum absolute atomic E-state index is 0.766. The number of benzene rings is 1. The quantitative estimate of drug-likeness (QED) is 0.537. The standard InChI is InChI=1S/C9H13B/c1-8(10)7-9-5-3-2-4-6-9/h2-6,8H,7,10H2,1H3. The first kappa shape index (κ1) is 7.39. The van der Waals surface area contributed by atoms with Crippen LogP contribution in [0.15, 0.2) is 30.3 Å². The fourth-order valence-electron chi connectivity index (χ4n) is 1.09. The molecule has 10 heavy (non-hydrogen) atoms. The van der Waals surface area contributed by atoms with Gasteiger partial charge in [0.15, 0.2) is 0 Å². The number of hydrogen-bond acceptors (Lipinski definition) is 0. The summed E-state index contributed by atoms with van der Waals surface area (Å²) in [5, 5.41) is 0. The highest BCUT2D eigenvalue weighted by atomic mass is 13.9. The molecular formula is C9H13B.